The number of nitrogens with zero attached hydrogens (tertiary/aromatic N) is 3. The van der Waals surface area contributed by atoms with E-state index in [2.05, 4.69) is 15.3 Å². The van der Waals surface area contributed by atoms with E-state index in [9.17, 15) is 4.79 Å². The minimum atomic E-state index is -0.00983. The average molecular weight is 352 g/mol. The summed E-state index contributed by atoms with van der Waals surface area (Å²) in [6, 6.07) is 16.0. The molecule has 0 saturated heterocycles. The summed E-state index contributed by atoms with van der Waals surface area (Å²) in [6.07, 6.45) is 1.54. The molecule has 3 aromatic rings. The van der Waals surface area contributed by atoms with Gasteiger partial charge in [0.15, 0.2) is 0 Å². The topological polar surface area (TPSA) is 58.1 Å². The molecule has 0 atom stereocenters. The van der Waals surface area contributed by atoms with Crippen molar-refractivity contribution in [3.8, 4) is 0 Å². The van der Waals surface area contributed by atoms with E-state index in [1.54, 1.807) is 0 Å². The van der Waals surface area contributed by atoms with E-state index in [0.29, 0.717) is 12.3 Å². The van der Waals surface area contributed by atoms with Crippen molar-refractivity contribution in [2.45, 2.75) is 11.6 Å². The molecule has 5 nitrogen and oxygen atoms in total. The first kappa shape index (κ1) is 17.2. The van der Waals surface area contributed by atoms with Crippen molar-refractivity contribution in [3.63, 3.8) is 0 Å². The van der Waals surface area contributed by atoms with Crippen LogP contribution in [0.5, 0.6) is 0 Å². The van der Waals surface area contributed by atoms with Crippen LogP contribution in [0.3, 0.4) is 0 Å². The lowest BCUT2D eigenvalue weighted by atomic mass is 10.2. The maximum Gasteiger partial charge on any atom is 0.230 e. The third kappa shape index (κ3) is 4.48. The molecule has 3 rings (SSSR count). The summed E-state index contributed by atoms with van der Waals surface area (Å²) in [5, 5.41) is 4.75. The molecule has 25 heavy (non-hydrogen) atoms. The number of carbonyl (C=O) groups is 1. The zero-order valence-corrected chi connectivity index (χ0v) is 15.1. The molecular weight excluding hydrogens is 332 g/mol. The van der Waals surface area contributed by atoms with E-state index in [0.717, 1.165) is 27.2 Å². The molecule has 1 heterocycles. The second-order valence-electron chi connectivity index (χ2n) is 5.82. The number of fused-ring (bicyclic) bond motifs is 1. The van der Waals surface area contributed by atoms with Crippen LogP contribution in [0.15, 0.2) is 59.9 Å². The molecule has 0 aliphatic rings. The first-order valence-electron chi connectivity index (χ1n) is 7.99. The number of thioether (sulfide) groups is 1. The number of hydrogen-bond donors (Lipinski definition) is 1. The Morgan fingerprint density at radius 2 is 1.84 bits per heavy atom. The third-order valence-corrected chi connectivity index (χ3v) is 4.79. The van der Waals surface area contributed by atoms with Gasteiger partial charge in [0.25, 0.3) is 0 Å². The van der Waals surface area contributed by atoms with Gasteiger partial charge in [0.2, 0.25) is 5.91 Å². The van der Waals surface area contributed by atoms with Gasteiger partial charge in [-0.05, 0) is 23.8 Å². The molecule has 128 valence electrons. The van der Waals surface area contributed by atoms with Crippen molar-refractivity contribution in [2.75, 3.05) is 24.7 Å². The fourth-order valence-electron chi connectivity index (χ4n) is 2.39. The smallest absolute Gasteiger partial charge is 0.230 e. The summed E-state index contributed by atoms with van der Waals surface area (Å²) in [5.41, 5.74) is 3.11. The lowest BCUT2D eigenvalue weighted by molar-refractivity contribution is -0.118. The van der Waals surface area contributed by atoms with Crippen LogP contribution in [0.25, 0.3) is 10.9 Å². The first-order valence-corrected chi connectivity index (χ1v) is 8.97. The summed E-state index contributed by atoms with van der Waals surface area (Å²) in [6.45, 7) is 0.525. The van der Waals surface area contributed by atoms with E-state index in [1.165, 1.54) is 18.1 Å². The molecule has 0 aliphatic carbocycles. The van der Waals surface area contributed by atoms with Gasteiger partial charge < -0.3 is 10.2 Å². The van der Waals surface area contributed by atoms with E-state index >= 15 is 0 Å². The number of amides is 1. The third-order valence-electron chi connectivity index (χ3n) is 3.79. The van der Waals surface area contributed by atoms with Crippen LogP contribution in [0, 0.1) is 0 Å². The number of hydrogen-bond acceptors (Lipinski definition) is 5. The van der Waals surface area contributed by atoms with Crippen molar-refractivity contribution >= 4 is 34.3 Å². The number of nitrogens with one attached hydrogen (secondary N) is 1. The standard InChI is InChI=1S/C19H20N4OS/c1-23(2)15-9-7-14(8-10-15)11-20-18(24)12-25-19-16-5-3-4-6-17(16)21-13-22-19/h3-10,13H,11-12H2,1-2H3,(H,20,24). The average Bonchev–Trinajstić information content (AvgIpc) is 2.65. The Labute approximate surface area is 151 Å². The minimum absolute atomic E-state index is 0.00983. The van der Waals surface area contributed by atoms with Crippen molar-refractivity contribution in [1.82, 2.24) is 15.3 Å². The number of carbonyl (C=O) groups excluding carboxylic acids is 1. The van der Waals surface area contributed by atoms with Crippen molar-refractivity contribution in [2.24, 2.45) is 0 Å². The van der Waals surface area contributed by atoms with Gasteiger partial charge in [0.05, 0.1) is 11.3 Å². The highest BCUT2D eigenvalue weighted by Crippen LogP contribution is 2.23. The highest BCUT2D eigenvalue weighted by Gasteiger charge is 2.07. The molecule has 1 N–H and O–H groups in total. The monoisotopic (exact) mass is 352 g/mol. The van der Waals surface area contributed by atoms with Crippen LogP contribution in [0.1, 0.15) is 5.56 Å². The van der Waals surface area contributed by atoms with Gasteiger partial charge in [-0.2, -0.15) is 0 Å². The molecule has 0 spiro atoms. The molecule has 6 heteroatoms. The lowest BCUT2D eigenvalue weighted by Gasteiger charge is -2.13. The summed E-state index contributed by atoms with van der Waals surface area (Å²) in [4.78, 5) is 22.7. The van der Waals surface area contributed by atoms with Crippen LogP contribution in [-0.2, 0) is 11.3 Å². The van der Waals surface area contributed by atoms with E-state index in [4.69, 9.17) is 0 Å². The zero-order valence-electron chi connectivity index (χ0n) is 14.3. The molecule has 0 bridgehead atoms. The Balaban J connectivity index is 1.54. The van der Waals surface area contributed by atoms with Crippen LogP contribution in [-0.4, -0.2) is 35.7 Å². The van der Waals surface area contributed by atoms with Gasteiger partial charge in [0, 0.05) is 31.7 Å². The van der Waals surface area contributed by atoms with Crippen LogP contribution in [0.2, 0.25) is 0 Å². The highest BCUT2D eigenvalue weighted by atomic mass is 32.2. The maximum absolute atomic E-state index is 12.1. The van der Waals surface area contributed by atoms with Crippen molar-refractivity contribution < 1.29 is 4.79 Å². The molecule has 0 fully saturated rings. The van der Waals surface area contributed by atoms with Crippen LogP contribution in [0.4, 0.5) is 5.69 Å². The maximum atomic E-state index is 12.1. The first-order chi connectivity index (χ1) is 12.1. The van der Waals surface area contributed by atoms with Gasteiger partial charge in [-0.15, -0.1) is 0 Å². The predicted octanol–water partition coefficient (Wildman–Crippen LogP) is 3.10. The number of benzene rings is 2. The van der Waals surface area contributed by atoms with Crippen LogP contribution >= 0.6 is 11.8 Å². The molecule has 1 amide bonds. The van der Waals surface area contributed by atoms with Crippen LogP contribution < -0.4 is 10.2 Å². The van der Waals surface area contributed by atoms with E-state index in [-0.39, 0.29) is 5.91 Å². The molecule has 2 aromatic carbocycles. The van der Waals surface area contributed by atoms with Gasteiger partial charge in [-0.3, -0.25) is 4.79 Å². The second kappa shape index (κ2) is 7.98. The number of para-hydroxylation sites is 1. The van der Waals surface area contributed by atoms with E-state index in [1.807, 2.05) is 67.5 Å². The van der Waals surface area contributed by atoms with Gasteiger partial charge in [-0.1, -0.05) is 42.1 Å². The summed E-state index contributed by atoms with van der Waals surface area (Å²) in [5.74, 6) is 0.320. The van der Waals surface area contributed by atoms with Crippen molar-refractivity contribution in [1.29, 1.82) is 0 Å². The quantitative estimate of drug-likeness (QED) is 0.546. The summed E-state index contributed by atoms with van der Waals surface area (Å²) in [7, 11) is 4.01. The minimum Gasteiger partial charge on any atom is -0.378 e. The SMILES string of the molecule is CN(C)c1ccc(CNC(=O)CSc2ncnc3ccccc23)cc1. The summed E-state index contributed by atoms with van der Waals surface area (Å²) < 4.78 is 0. The zero-order chi connectivity index (χ0) is 17.6. The fourth-order valence-corrected chi connectivity index (χ4v) is 3.21. The largest absolute Gasteiger partial charge is 0.378 e. The van der Waals surface area contributed by atoms with Gasteiger partial charge in [-0.25, -0.2) is 9.97 Å². The Kier molecular flexibility index (Phi) is 5.50. The predicted molar refractivity (Wildman–Crippen MR) is 103 cm³/mol. The van der Waals surface area contributed by atoms with E-state index < -0.39 is 0 Å². The Hall–Kier alpha value is -2.60. The lowest BCUT2D eigenvalue weighted by Crippen LogP contribution is -2.24. The highest BCUT2D eigenvalue weighted by molar-refractivity contribution is 8.00. The van der Waals surface area contributed by atoms with Gasteiger partial charge in [0.1, 0.15) is 11.4 Å². The molecular formula is C19H20N4OS. The van der Waals surface area contributed by atoms with Gasteiger partial charge >= 0.3 is 0 Å². The molecule has 0 radical (unpaired) electrons. The number of rotatable bonds is 6. The fraction of sp³-hybridized carbons (Fsp3) is 0.211. The normalized spacial score (nSPS) is 10.6. The molecule has 0 aliphatic heterocycles. The van der Waals surface area contributed by atoms with Crippen molar-refractivity contribution in [3.05, 3.63) is 60.4 Å². The number of anilines is 1. The second-order valence-corrected chi connectivity index (χ2v) is 6.79. The Morgan fingerprint density at radius 1 is 1.08 bits per heavy atom. The number of aromatic nitrogens is 2. The molecule has 1 aromatic heterocycles. The molecule has 0 saturated carbocycles. The Morgan fingerprint density at radius 3 is 2.60 bits per heavy atom. The molecule has 0 unspecified atom stereocenters. The Bertz CT molecular complexity index is 859. The summed E-state index contributed by atoms with van der Waals surface area (Å²) >= 11 is 1.43.